The van der Waals surface area contributed by atoms with E-state index in [4.69, 9.17) is 34.0 Å². The third-order valence-corrected chi connectivity index (χ3v) is 4.23. The average Bonchev–Trinajstić information content (AvgIpc) is 2.79. The number of carbonyl (C=O) groups is 5. The number of carbonyl (C=O) groups excluding carboxylic acids is 5. The van der Waals surface area contributed by atoms with Crippen molar-refractivity contribution >= 4 is 35.5 Å². The van der Waals surface area contributed by atoms with Gasteiger partial charge in [-0.25, -0.2) is 0 Å². The van der Waals surface area contributed by atoms with Gasteiger partial charge in [0.1, 0.15) is 18.9 Å². The number of hydrogen-bond acceptors (Lipinski definition) is 12. The summed E-state index contributed by atoms with van der Waals surface area (Å²) in [4.78, 5) is 61.2. The van der Waals surface area contributed by atoms with Crippen molar-refractivity contribution in [1.82, 2.24) is 0 Å². The minimum absolute atomic E-state index is 0.105. The lowest BCUT2D eigenvalue weighted by Gasteiger charge is -2.36. The van der Waals surface area contributed by atoms with Crippen molar-refractivity contribution in [1.29, 1.82) is 0 Å². The summed E-state index contributed by atoms with van der Waals surface area (Å²) in [7, 11) is 0. The Hall–Kier alpha value is -4.62. The van der Waals surface area contributed by atoms with Gasteiger partial charge in [0.05, 0.1) is 0 Å². The molecule has 0 spiro atoms. The van der Waals surface area contributed by atoms with Crippen LogP contribution < -0.4 is 10.1 Å². The second-order valence-electron chi connectivity index (χ2n) is 7.32. The van der Waals surface area contributed by atoms with Crippen molar-refractivity contribution in [2.24, 2.45) is 5.11 Å². The van der Waals surface area contributed by atoms with Crippen LogP contribution in [0, 0.1) is 0 Å². The molecule has 1 aliphatic heterocycles. The Labute approximate surface area is 210 Å². The maximum Gasteiger partial charge on any atom is 0.307 e. The molecule has 1 aromatic rings. The minimum atomic E-state index is -1.53. The van der Waals surface area contributed by atoms with Crippen LogP contribution in [0.5, 0.6) is 5.75 Å². The number of esters is 4. The van der Waals surface area contributed by atoms with E-state index >= 15 is 0 Å². The summed E-state index contributed by atoms with van der Waals surface area (Å²) in [5.41, 5.74) is 8.61. The highest BCUT2D eigenvalue weighted by Crippen LogP contribution is 2.33. The molecule has 1 amide bonds. The number of rotatable bonds is 10. The Kier molecular flexibility index (Phi) is 10.4. The molecule has 0 bridgehead atoms. The van der Waals surface area contributed by atoms with Gasteiger partial charge in [0.2, 0.25) is 18.3 Å². The van der Waals surface area contributed by atoms with Crippen molar-refractivity contribution in [2.75, 3.05) is 18.5 Å². The molecular weight excluding hydrogens is 496 g/mol. The van der Waals surface area contributed by atoms with Gasteiger partial charge < -0.3 is 33.7 Å². The van der Waals surface area contributed by atoms with Gasteiger partial charge in [-0.15, -0.1) is 0 Å². The van der Waals surface area contributed by atoms with Gasteiger partial charge >= 0.3 is 23.9 Å². The maximum absolute atomic E-state index is 11.9. The fourth-order valence-corrected chi connectivity index (χ4v) is 3.01. The Balaban J connectivity index is 2.47. The summed E-state index contributed by atoms with van der Waals surface area (Å²) in [6.45, 7) is 3.46. The maximum atomic E-state index is 11.9. The second-order valence-corrected chi connectivity index (χ2v) is 7.32. The fourth-order valence-electron chi connectivity index (χ4n) is 3.01. The molecule has 2 rings (SSSR count). The number of hydrogen-bond donors (Lipinski definition) is 1. The molecule has 0 saturated carbocycles. The molecule has 0 saturated heterocycles. The number of amides is 1. The standard InChI is InChI=1S/C22H24N4O11/c1-11(27)32-10-17-19(33-12(2)28)20(34-13(3)29)21(35-14(4)30)22(37-17)36-16-7-5-6-15(8-16)25-18(31)9-24-26-23/h5-8,17,21-22H,9-10H2,1-4H3,(H,25,31)/t17?,21?,22-/m0/s1. The molecule has 3 atom stereocenters. The Morgan fingerprint density at radius 2 is 1.68 bits per heavy atom. The summed E-state index contributed by atoms with van der Waals surface area (Å²) < 4.78 is 32.3. The van der Waals surface area contributed by atoms with E-state index in [0.29, 0.717) is 0 Å². The van der Waals surface area contributed by atoms with E-state index in [0.717, 1.165) is 27.7 Å². The summed E-state index contributed by atoms with van der Waals surface area (Å²) >= 11 is 0. The first kappa shape index (κ1) is 28.6. The van der Waals surface area contributed by atoms with Crippen LogP contribution in [0.25, 0.3) is 10.4 Å². The molecule has 1 N–H and O–H groups in total. The molecule has 37 heavy (non-hydrogen) atoms. The van der Waals surface area contributed by atoms with Gasteiger partial charge in [-0.2, -0.15) is 0 Å². The largest absolute Gasteiger partial charge is 0.463 e. The monoisotopic (exact) mass is 520 g/mol. The van der Waals surface area contributed by atoms with Crippen LogP contribution >= 0.6 is 0 Å². The second kappa shape index (κ2) is 13.5. The smallest absolute Gasteiger partial charge is 0.307 e. The number of benzene rings is 1. The number of ether oxygens (including phenoxy) is 6. The first-order chi connectivity index (χ1) is 17.5. The van der Waals surface area contributed by atoms with E-state index in [1.54, 1.807) is 0 Å². The number of nitrogens with zero attached hydrogens (tertiary/aromatic N) is 3. The van der Waals surface area contributed by atoms with Gasteiger partial charge in [-0.3, -0.25) is 24.0 Å². The van der Waals surface area contributed by atoms with Crippen molar-refractivity contribution in [3.05, 3.63) is 46.2 Å². The third kappa shape index (κ3) is 9.16. The predicted molar refractivity (Wildman–Crippen MR) is 121 cm³/mol. The lowest BCUT2D eigenvalue weighted by Crippen LogP contribution is -2.49. The lowest BCUT2D eigenvalue weighted by molar-refractivity contribution is -0.214. The van der Waals surface area contributed by atoms with Crippen molar-refractivity contribution in [3.63, 3.8) is 0 Å². The van der Waals surface area contributed by atoms with Crippen LogP contribution in [0.1, 0.15) is 27.7 Å². The van der Waals surface area contributed by atoms with Crippen LogP contribution in [0.4, 0.5) is 5.69 Å². The van der Waals surface area contributed by atoms with Crippen LogP contribution in [0.3, 0.4) is 0 Å². The zero-order valence-electron chi connectivity index (χ0n) is 20.3. The van der Waals surface area contributed by atoms with Crippen LogP contribution in [-0.2, 0) is 47.7 Å². The zero-order chi connectivity index (χ0) is 27.5. The molecule has 198 valence electrons. The number of anilines is 1. The summed E-state index contributed by atoms with van der Waals surface area (Å²) in [6.07, 6.45) is -4.33. The summed E-state index contributed by atoms with van der Waals surface area (Å²) in [5.74, 6) is -4.38. The quantitative estimate of drug-likeness (QED) is 0.155. The number of nitrogens with one attached hydrogen (secondary N) is 1. The van der Waals surface area contributed by atoms with E-state index in [2.05, 4.69) is 15.3 Å². The van der Waals surface area contributed by atoms with Crippen molar-refractivity contribution in [2.45, 2.75) is 46.2 Å². The summed E-state index contributed by atoms with van der Waals surface area (Å²) in [5, 5.41) is 5.67. The Morgan fingerprint density at radius 3 is 2.27 bits per heavy atom. The molecule has 15 heteroatoms. The molecule has 0 fully saturated rings. The van der Waals surface area contributed by atoms with Gasteiger partial charge in [0.15, 0.2) is 17.6 Å². The lowest BCUT2D eigenvalue weighted by atomic mass is 10.1. The first-order valence-corrected chi connectivity index (χ1v) is 10.6. The molecular formula is C22H24N4O11. The fraction of sp³-hybridized carbons (Fsp3) is 0.409. The molecule has 1 aliphatic rings. The normalized spacial score (nSPS) is 18.5. The van der Waals surface area contributed by atoms with Gasteiger partial charge in [0.25, 0.3) is 0 Å². The molecule has 0 aliphatic carbocycles. The Bertz CT molecular complexity index is 1140. The molecule has 0 aromatic heterocycles. The van der Waals surface area contributed by atoms with Gasteiger partial charge in [0, 0.05) is 44.4 Å². The zero-order valence-corrected chi connectivity index (χ0v) is 20.3. The van der Waals surface area contributed by atoms with Crippen molar-refractivity contribution < 1.29 is 52.4 Å². The van der Waals surface area contributed by atoms with Crippen LogP contribution in [-0.4, -0.2) is 61.4 Å². The van der Waals surface area contributed by atoms with Crippen molar-refractivity contribution in [3.8, 4) is 5.75 Å². The van der Waals surface area contributed by atoms with Gasteiger partial charge in [-0.1, -0.05) is 11.2 Å². The van der Waals surface area contributed by atoms with Crippen LogP contribution in [0.15, 0.2) is 40.9 Å². The first-order valence-electron chi connectivity index (χ1n) is 10.6. The average molecular weight is 520 g/mol. The predicted octanol–water partition coefficient (Wildman–Crippen LogP) is 1.87. The topological polar surface area (TPSA) is 202 Å². The SMILES string of the molecule is CC(=O)OCC1O[C@H](Oc2cccc(NC(=O)CN=[N+]=[N-])c2)C(OC(C)=O)C(OC(C)=O)=C1OC(C)=O. The highest BCUT2D eigenvalue weighted by atomic mass is 16.7. The number of azide groups is 1. The third-order valence-electron chi connectivity index (χ3n) is 4.23. The van der Waals surface area contributed by atoms with Gasteiger partial charge in [-0.05, 0) is 17.7 Å². The van der Waals surface area contributed by atoms with E-state index in [1.165, 1.54) is 24.3 Å². The molecule has 1 heterocycles. The summed E-state index contributed by atoms with van der Waals surface area (Å²) in [6, 6.07) is 5.92. The Morgan fingerprint density at radius 1 is 1.00 bits per heavy atom. The van der Waals surface area contributed by atoms with E-state index < -0.39 is 67.2 Å². The molecule has 15 nitrogen and oxygen atoms in total. The van der Waals surface area contributed by atoms with Crippen LogP contribution in [0.2, 0.25) is 0 Å². The molecule has 0 radical (unpaired) electrons. The van der Waals surface area contributed by atoms with E-state index in [-0.39, 0.29) is 17.2 Å². The van der Waals surface area contributed by atoms with E-state index in [9.17, 15) is 24.0 Å². The minimum Gasteiger partial charge on any atom is -0.463 e. The highest BCUT2D eigenvalue weighted by molar-refractivity contribution is 5.92. The molecule has 2 unspecified atom stereocenters. The van der Waals surface area contributed by atoms with E-state index in [1.807, 2.05) is 0 Å². The molecule has 1 aromatic carbocycles. The highest BCUT2D eigenvalue weighted by Gasteiger charge is 2.46.